The Labute approximate surface area is 195 Å². The van der Waals surface area contributed by atoms with Gasteiger partial charge in [-0.15, -0.1) is 0 Å². The summed E-state index contributed by atoms with van der Waals surface area (Å²) in [5, 5.41) is 8.29. The van der Waals surface area contributed by atoms with Crippen LogP contribution in [-0.2, 0) is 11.2 Å². The number of hydrogen-bond acceptors (Lipinski definition) is 4. The molecule has 2 aromatic heterocycles. The van der Waals surface area contributed by atoms with E-state index in [2.05, 4.69) is 55.5 Å². The summed E-state index contributed by atoms with van der Waals surface area (Å²) in [6.07, 6.45) is 14.3. The second-order valence-corrected chi connectivity index (χ2v) is 9.56. The number of aromatic nitrogens is 3. The predicted octanol–water partition coefficient (Wildman–Crippen LogP) is 4.58. The molecule has 3 aliphatic rings. The first-order valence-corrected chi connectivity index (χ1v) is 12.2. The number of aryl methyl sites for hydroxylation is 2. The molecule has 6 nitrogen and oxygen atoms in total. The first-order chi connectivity index (χ1) is 15.9. The summed E-state index contributed by atoms with van der Waals surface area (Å²) in [5.41, 5.74) is 8.31. The highest BCUT2D eigenvalue weighted by Gasteiger charge is 2.28. The second kappa shape index (κ2) is 8.75. The van der Waals surface area contributed by atoms with Gasteiger partial charge in [0.25, 0.3) is 5.91 Å². The molecular weight excluding hydrogens is 410 g/mol. The molecule has 0 bridgehead atoms. The van der Waals surface area contributed by atoms with Crippen LogP contribution < -0.4 is 5.32 Å². The molecule has 1 fully saturated rings. The molecule has 0 aliphatic carbocycles. The van der Waals surface area contributed by atoms with E-state index in [1.165, 1.54) is 11.1 Å². The smallest absolute Gasteiger partial charge is 0.255 e. The van der Waals surface area contributed by atoms with Gasteiger partial charge in [-0.1, -0.05) is 26.0 Å². The van der Waals surface area contributed by atoms with Crippen molar-refractivity contribution in [2.75, 3.05) is 13.1 Å². The summed E-state index contributed by atoms with van der Waals surface area (Å²) < 4.78 is 1.91. The number of nitrogens with zero attached hydrogens (tertiary/aromatic N) is 4. The van der Waals surface area contributed by atoms with Crippen molar-refractivity contribution in [1.82, 2.24) is 24.8 Å². The number of allylic oxidation sites excluding steroid dienone is 5. The molecule has 1 saturated heterocycles. The number of carbonyl (C=O) groups is 1. The van der Waals surface area contributed by atoms with Crippen molar-refractivity contribution >= 4 is 17.0 Å². The van der Waals surface area contributed by atoms with E-state index >= 15 is 0 Å². The quantitative estimate of drug-likeness (QED) is 0.754. The van der Waals surface area contributed by atoms with Crippen molar-refractivity contribution in [2.45, 2.75) is 53.4 Å². The lowest BCUT2D eigenvalue weighted by molar-refractivity contribution is -0.122. The molecule has 1 atom stereocenters. The second-order valence-electron chi connectivity index (χ2n) is 9.56. The van der Waals surface area contributed by atoms with Crippen molar-refractivity contribution in [3.05, 3.63) is 70.6 Å². The minimum atomic E-state index is 0.00348. The van der Waals surface area contributed by atoms with Gasteiger partial charge in [0.2, 0.25) is 0 Å². The molecule has 3 aliphatic heterocycles. The van der Waals surface area contributed by atoms with Gasteiger partial charge in [0, 0.05) is 18.0 Å². The molecule has 0 aromatic carbocycles. The maximum atomic E-state index is 13.6. The van der Waals surface area contributed by atoms with Gasteiger partial charge in [-0.05, 0) is 87.2 Å². The lowest BCUT2D eigenvalue weighted by Gasteiger charge is -2.33. The topological polar surface area (TPSA) is 62.5 Å². The fourth-order valence-corrected chi connectivity index (χ4v) is 5.26. The minimum Gasteiger partial charge on any atom is -0.317 e. The lowest BCUT2D eigenvalue weighted by Crippen LogP contribution is -2.32. The Bertz CT molecular complexity index is 1220. The number of nitrogens with one attached hydrogen (secondary N) is 1. The number of amides is 1. The molecule has 1 amide bonds. The third-order valence-electron chi connectivity index (χ3n) is 7.13. The average molecular weight is 444 g/mol. The van der Waals surface area contributed by atoms with E-state index in [1.54, 1.807) is 6.08 Å². The summed E-state index contributed by atoms with van der Waals surface area (Å²) in [4.78, 5) is 20.1. The highest BCUT2D eigenvalue weighted by Crippen LogP contribution is 2.36. The van der Waals surface area contributed by atoms with Crippen molar-refractivity contribution < 1.29 is 4.79 Å². The molecule has 6 heteroatoms. The fraction of sp³-hybridized carbons (Fsp3) is 0.444. The van der Waals surface area contributed by atoms with Crippen LogP contribution in [0.15, 0.2) is 53.5 Å². The van der Waals surface area contributed by atoms with Crippen molar-refractivity contribution in [1.29, 1.82) is 0 Å². The number of hydrogen-bond donors (Lipinski definition) is 1. The van der Waals surface area contributed by atoms with E-state index < -0.39 is 0 Å². The molecule has 5 rings (SSSR count). The highest BCUT2D eigenvalue weighted by atomic mass is 16.2. The van der Waals surface area contributed by atoms with Crippen LogP contribution in [0.2, 0.25) is 0 Å². The van der Waals surface area contributed by atoms with Gasteiger partial charge in [-0.3, -0.25) is 14.7 Å². The highest BCUT2D eigenvalue weighted by molar-refractivity contribution is 5.98. The van der Waals surface area contributed by atoms with Gasteiger partial charge in [0.05, 0.1) is 28.8 Å². The molecule has 0 radical (unpaired) electrons. The summed E-state index contributed by atoms with van der Waals surface area (Å²) in [6, 6.07) is 2.09. The van der Waals surface area contributed by atoms with Gasteiger partial charge in [0.15, 0.2) is 0 Å². The zero-order valence-electron chi connectivity index (χ0n) is 20.1. The Hall–Kier alpha value is -2.99. The molecule has 2 aromatic rings. The Morgan fingerprint density at radius 2 is 1.97 bits per heavy atom. The first kappa shape index (κ1) is 21.8. The largest absolute Gasteiger partial charge is 0.317 e. The predicted molar refractivity (Wildman–Crippen MR) is 131 cm³/mol. The van der Waals surface area contributed by atoms with Crippen molar-refractivity contribution in [3.8, 4) is 0 Å². The van der Waals surface area contributed by atoms with Gasteiger partial charge in [0.1, 0.15) is 0 Å². The molecule has 1 unspecified atom stereocenters. The normalized spacial score (nSPS) is 22.2. The third kappa shape index (κ3) is 4.08. The summed E-state index contributed by atoms with van der Waals surface area (Å²) in [6.45, 7) is 10.5. The molecule has 0 spiro atoms. The number of carbonyl (C=O) groups excluding carboxylic acids is 1. The zero-order valence-corrected chi connectivity index (χ0v) is 20.1. The molecule has 5 heterocycles. The molecule has 0 saturated carbocycles. The Balaban J connectivity index is 1.53. The van der Waals surface area contributed by atoms with E-state index in [-0.39, 0.29) is 11.8 Å². The van der Waals surface area contributed by atoms with Gasteiger partial charge >= 0.3 is 0 Å². The number of rotatable bonds is 3. The van der Waals surface area contributed by atoms with Crippen LogP contribution in [0.4, 0.5) is 0 Å². The number of fused-ring (bicyclic) bond motifs is 2. The molecular formula is C27H33N5O. The van der Waals surface area contributed by atoms with E-state index in [0.29, 0.717) is 5.92 Å². The van der Waals surface area contributed by atoms with Crippen LogP contribution in [0.5, 0.6) is 0 Å². The Kier molecular flexibility index (Phi) is 5.79. The van der Waals surface area contributed by atoms with Crippen LogP contribution in [0, 0.1) is 18.8 Å². The third-order valence-corrected chi connectivity index (χ3v) is 7.13. The standard InChI is InChI=1S/C27H33N5O/c1-5-23-26-14-24(30-32(26)15-19(4)29-23)22-13-27(33)31-16-21(20-8-10-28-11-9-20)12-18(3)25(31)7-6-17(22)2/h7,12-17,20,28H,5-6,8-11H2,1-4H3. The van der Waals surface area contributed by atoms with Crippen LogP contribution in [0.25, 0.3) is 11.1 Å². The molecule has 33 heavy (non-hydrogen) atoms. The maximum absolute atomic E-state index is 13.6. The summed E-state index contributed by atoms with van der Waals surface area (Å²) in [7, 11) is 0. The zero-order chi connectivity index (χ0) is 23.1. The first-order valence-electron chi connectivity index (χ1n) is 12.2. The minimum absolute atomic E-state index is 0.00348. The van der Waals surface area contributed by atoms with E-state index in [1.807, 2.05) is 22.5 Å². The maximum Gasteiger partial charge on any atom is 0.255 e. The van der Waals surface area contributed by atoms with Crippen LogP contribution in [0.1, 0.15) is 57.1 Å². The van der Waals surface area contributed by atoms with E-state index in [9.17, 15) is 4.79 Å². The van der Waals surface area contributed by atoms with Crippen molar-refractivity contribution in [2.24, 2.45) is 11.8 Å². The Morgan fingerprint density at radius 3 is 2.73 bits per heavy atom. The van der Waals surface area contributed by atoms with Crippen LogP contribution in [-0.4, -0.2) is 38.5 Å². The van der Waals surface area contributed by atoms with Crippen LogP contribution in [0.3, 0.4) is 0 Å². The fourth-order valence-electron chi connectivity index (χ4n) is 5.26. The van der Waals surface area contributed by atoms with E-state index in [4.69, 9.17) is 5.10 Å². The lowest BCUT2D eigenvalue weighted by atomic mass is 9.86. The Morgan fingerprint density at radius 1 is 1.18 bits per heavy atom. The van der Waals surface area contributed by atoms with E-state index in [0.717, 1.165) is 72.6 Å². The molecule has 172 valence electrons. The summed E-state index contributed by atoms with van der Waals surface area (Å²) >= 11 is 0. The monoisotopic (exact) mass is 443 g/mol. The summed E-state index contributed by atoms with van der Waals surface area (Å²) in [5.74, 6) is 0.698. The van der Waals surface area contributed by atoms with Gasteiger partial charge < -0.3 is 5.32 Å². The van der Waals surface area contributed by atoms with Gasteiger partial charge in [-0.2, -0.15) is 5.10 Å². The van der Waals surface area contributed by atoms with Crippen LogP contribution >= 0.6 is 0 Å². The number of piperidine rings is 1. The SMILES string of the molecule is CCc1nc(C)cn2nc(C3=CC(=O)N4C=C(C5CCNCC5)C=C(C)C4=CCC3C)cc12. The average Bonchev–Trinajstić information content (AvgIpc) is 3.23. The van der Waals surface area contributed by atoms with Crippen molar-refractivity contribution in [3.63, 3.8) is 0 Å². The molecule has 1 N–H and O–H groups in total. The van der Waals surface area contributed by atoms with Gasteiger partial charge in [-0.25, -0.2) is 4.52 Å².